The van der Waals surface area contributed by atoms with Crippen LogP contribution in [0.25, 0.3) is 11.0 Å². The summed E-state index contributed by atoms with van der Waals surface area (Å²) in [6.45, 7) is 3.57. The minimum Gasteiger partial charge on any atom is -0.488 e. The summed E-state index contributed by atoms with van der Waals surface area (Å²) in [6, 6.07) is 7.23. The lowest BCUT2D eigenvalue weighted by Gasteiger charge is -2.15. The highest BCUT2D eigenvalue weighted by Crippen LogP contribution is 2.16. The van der Waals surface area contributed by atoms with Gasteiger partial charge in [-0.3, -0.25) is 19.4 Å². The maximum Gasteiger partial charge on any atom is 0.274 e. The van der Waals surface area contributed by atoms with Crippen LogP contribution < -0.4 is 15.6 Å². The fraction of sp³-hybridized carbons (Fsp3) is 0.278. The van der Waals surface area contributed by atoms with Gasteiger partial charge < -0.3 is 10.1 Å². The van der Waals surface area contributed by atoms with Crippen molar-refractivity contribution in [2.75, 3.05) is 6.61 Å². The highest BCUT2D eigenvalue weighted by atomic mass is 19.1. The van der Waals surface area contributed by atoms with E-state index in [2.05, 4.69) is 15.4 Å². The van der Waals surface area contributed by atoms with E-state index < -0.39 is 17.8 Å². The van der Waals surface area contributed by atoms with Gasteiger partial charge in [0, 0.05) is 12.7 Å². The number of nitrogens with one attached hydrogen (secondary N) is 2. The fourth-order valence-electron chi connectivity index (χ4n) is 2.68. The number of amides is 1. The first-order valence-corrected chi connectivity index (χ1v) is 8.11. The Balaban J connectivity index is 1.77. The van der Waals surface area contributed by atoms with Gasteiger partial charge in [0.1, 0.15) is 6.61 Å². The molecule has 136 valence electrons. The van der Waals surface area contributed by atoms with Crippen molar-refractivity contribution in [1.29, 1.82) is 0 Å². The van der Waals surface area contributed by atoms with Crippen LogP contribution in [0, 0.1) is 12.7 Å². The lowest BCUT2D eigenvalue weighted by molar-refractivity contribution is 0.0927. The first-order valence-electron chi connectivity index (χ1n) is 8.11. The number of halogens is 1. The van der Waals surface area contributed by atoms with Gasteiger partial charge in [-0.25, -0.2) is 9.37 Å². The molecule has 0 aliphatic rings. The highest BCUT2D eigenvalue weighted by molar-refractivity contribution is 6.05. The largest absolute Gasteiger partial charge is 0.488 e. The lowest BCUT2D eigenvalue weighted by atomic mass is 10.1. The van der Waals surface area contributed by atoms with Gasteiger partial charge in [-0.15, -0.1) is 0 Å². The van der Waals surface area contributed by atoms with Gasteiger partial charge in [-0.1, -0.05) is 12.1 Å². The number of para-hydroxylation sites is 1. The van der Waals surface area contributed by atoms with Crippen molar-refractivity contribution in [3.8, 4) is 5.75 Å². The van der Waals surface area contributed by atoms with Crippen LogP contribution in [0.3, 0.4) is 0 Å². The summed E-state index contributed by atoms with van der Waals surface area (Å²) in [7, 11) is 1.66. The summed E-state index contributed by atoms with van der Waals surface area (Å²) in [4.78, 5) is 29.0. The topological polar surface area (TPSA) is 89.0 Å². The molecule has 0 bridgehead atoms. The second-order valence-corrected chi connectivity index (χ2v) is 6.13. The number of aromatic nitrogens is 3. The Labute approximate surface area is 148 Å². The van der Waals surface area contributed by atoms with E-state index in [1.54, 1.807) is 39.1 Å². The molecule has 26 heavy (non-hydrogen) atoms. The number of H-pyrrole nitrogens is 1. The quantitative estimate of drug-likeness (QED) is 0.729. The lowest BCUT2D eigenvalue weighted by Crippen LogP contribution is -2.37. The van der Waals surface area contributed by atoms with Crippen LogP contribution in [0.4, 0.5) is 4.39 Å². The van der Waals surface area contributed by atoms with Crippen LogP contribution in [-0.2, 0) is 7.05 Å². The van der Waals surface area contributed by atoms with Crippen LogP contribution in [0.1, 0.15) is 23.0 Å². The number of ether oxygens (including phenoxy) is 1. The van der Waals surface area contributed by atoms with Crippen molar-refractivity contribution in [3.05, 3.63) is 57.8 Å². The Bertz CT molecular complexity index is 1020. The number of aromatic amines is 1. The standard InChI is InChI=1S/C18H19FN4O3/c1-10-8-12(15-16(20-10)23(3)22-18(15)25)17(24)21-11(2)9-26-14-7-5-4-6-13(14)19/h4-8,11H,9H2,1-3H3,(H,21,24)(H,22,25)/t11-/m1/s1. The third kappa shape index (κ3) is 3.44. The molecule has 0 aliphatic carbocycles. The number of pyridine rings is 1. The summed E-state index contributed by atoms with van der Waals surface area (Å²) in [6.07, 6.45) is 0. The SMILES string of the molecule is Cc1cc(C(=O)N[C@H](C)COc2ccccc2F)c2c(=O)[nH]n(C)c2n1. The zero-order chi connectivity index (χ0) is 18.8. The molecule has 0 radical (unpaired) electrons. The second-order valence-electron chi connectivity index (χ2n) is 6.13. The van der Waals surface area contributed by atoms with Gasteiger partial charge in [0.05, 0.1) is 17.0 Å². The molecule has 0 saturated heterocycles. The predicted molar refractivity (Wildman–Crippen MR) is 94.9 cm³/mol. The van der Waals surface area contributed by atoms with Gasteiger partial charge >= 0.3 is 0 Å². The third-order valence-electron chi connectivity index (χ3n) is 3.89. The molecule has 1 amide bonds. The van der Waals surface area contributed by atoms with E-state index in [1.807, 2.05) is 0 Å². The van der Waals surface area contributed by atoms with E-state index >= 15 is 0 Å². The fourth-order valence-corrected chi connectivity index (χ4v) is 2.68. The number of nitrogens with zero attached hydrogens (tertiary/aromatic N) is 2. The Morgan fingerprint density at radius 2 is 2.15 bits per heavy atom. The van der Waals surface area contributed by atoms with Gasteiger partial charge in [0.2, 0.25) is 0 Å². The molecule has 0 aliphatic heterocycles. The van der Waals surface area contributed by atoms with Crippen molar-refractivity contribution in [2.45, 2.75) is 19.9 Å². The monoisotopic (exact) mass is 358 g/mol. The maximum absolute atomic E-state index is 13.6. The molecule has 1 atom stereocenters. The number of hydrogen-bond acceptors (Lipinski definition) is 4. The first kappa shape index (κ1) is 17.7. The second kappa shape index (κ2) is 6.99. The van der Waals surface area contributed by atoms with Crippen molar-refractivity contribution < 1.29 is 13.9 Å². The molecular formula is C18H19FN4O3. The number of fused-ring (bicyclic) bond motifs is 1. The first-order chi connectivity index (χ1) is 12.4. The number of rotatable bonds is 5. The molecule has 3 rings (SSSR count). The van der Waals surface area contributed by atoms with Crippen LogP contribution in [0.15, 0.2) is 35.1 Å². The molecule has 3 aromatic rings. The number of carbonyl (C=O) groups excluding carboxylic acids is 1. The molecule has 2 heterocycles. The van der Waals surface area contributed by atoms with Crippen molar-refractivity contribution in [2.24, 2.45) is 7.05 Å². The normalized spacial score (nSPS) is 12.2. The Hall–Kier alpha value is -3.16. The predicted octanol–water partition coefficient (Wildman–Crippen LogP) is 1.91. The van der Waals surface area contributed by atoms with Crippen LogP contribution in [-0.4, -0.2) is 33.3 Å². The molecule has 0 unspecified atom stereocenters. The Morgan fingerprint density at radius 3 is 2.88 bits per heavy atom. The molecule has 0 fully saturated rings. The van der Waals surface area contributed by atoms with E-state index in [1.165, 1.54) is 16.8 Å². The Kier molecular flexibility index (Phi) is 4.75. The summed E-state index contributed by atoms with van der Waals surface area (Å²) in [5, 5.41) is 5.60. The van der Waals surface area contributed by atoms with Crippen LogP contribution >= 0.6 is 0 Å². The number of benzene rings is 1. The molecule has 2 aromatic heterocycles. The molecule has 0 saturated carbocycles. The van der Waals surface area contributed by atoms with Gasteiger partial charge in [0.25, 0.3) is 11.5 Å². The minimum absolute atomic E-state index is 0.0883. The van der Waals surface area contributed by atoms with Crippen LogP contribution in [0.2, 0.25) is 0 Å². The zero-order valence-corrected chi connectivity index (χ0v) is 14.7. The zero-order valence-electron chi connectivity index (χ0n) is 14.7. The summed E-state index contributed by atoms with van der Waals surface area (Å²) < 4.78 is 20.5. The number of hydrogen-bond donors (Lipinski definition) is 2. The van der Waals surface area contributed by atoms with Gasteiger partial charge in [0.15, 0.2) is 17.2 Å². The van der Waals surface area contributed by atoms with Gasteiger partial charge in [-0.05, 0) is 32.0 Å². The molecular weight excluding hydrogens is 339 g/mol. The number of carbonyl (C=O) groups is 1. The van der Waals surface area contributed by atoms with Crippen molar-refractivity contribution in [3.63, 3.8) is 0 Å². The van der Waals surface area contributed by atoms with Crippen molar-refractivity contribution >= 4 is 16.9 Å². The van der Waals surface area contributed by atoms with Crippen LogP contribution in [0.5, 0.6) is 5.75 Å². The van der Waals surface area contributed by atoms with E-state index in [0.717, 1.165) is 0 Å². The maximum atomic E-state index is 13.6. The molecule has 2 N–H and O–H groups in total. The number of aryl methyl sites for hydroxylation is 2. The highest BCUT2D eigenvalue weighted by Gasteiger charge is 2.19. The van der Waals surface area contributed by atoms with Gasteiger partial charge in [-0.2, -0.15) is 0 Å². The Morgan fingerprint density at radius 1 is 1.42 bits per heavy atom. The molecule has 1 aromatic carbocycles. The smallest absolute Gasteiger partial charge is 0.274 e. The summed E-state index contributed by atoms with van der Waals surface area (Å²) in [5.41, 5.74) is 0.894. The van der Waals surface area contributed by atoms with E-state index in [9.17, 15) is 14.0 Å². The average Bonchev–Trinajstić information content (AvgIpc) is 2.87. The van der Waals surface area contributed by atoms with E-state index in [-0.39, 0.29) is 28.9 Å². The molecule has 7 nitrogen and oxygen atoms in total. The molecule has 0 spiro atoms. The third-order valence-corrected chi connectivity index (χ3v) is 3.89. The average molecular weight is 358 g/mol. The summed E-state index contributed by atoms with van der Waals surface area (Å²) in [5.74, 6) is -0.759. The molecule has 8 heteroatoms. The minimum atomic E-state index is -0.465. The summed E-state index contributed by atoms with van der Waals surface area (Å²) >= 11 is 0. The van der Waals surface area contributed by atoms with Crippen molar-refractivity contribution in [1.82, 2.24) is 20.1 Å². The van der Waals surface area contributed by atoms with E-state index in [4.69, 9.17) is 4.74 Å². The van der Waals surface area contributed by atoms with E-state index in [0.29, 0.717) is 11.3 Å².